The van der Waals surface area contributed by atoms with Crippen LogP contribution in [0.4, 0.5) is 5.69 Å². The highest BCUT2D eigenvalue weighted by Crippen LogP contribution is 2.29. The van der Waals surface area contributed by atoms with Gasteiger partial charge in [-0.3, -0.25) is 14.4 Å². The molecule has 1 unspecified atom stereocenters. The molecule has 1 heterocycles. The maximum atomic E-state index is 12.3. The number of ether oxygens (including phenoxy) is 1. The van der Waals surface area contributed by atoms with Gasteiger partial charge in [-0.05, 0) is 56.2 Å². The van der Waals surface area contributed by atoms with Gasteiger partial charge in [0.2, 0.25) is 5.91 Å². The number of hydrogen-bond acceptors (Lipinski definition) is 4. The Bertz CT molecular complexity index is 691. The first-order valence-corrected chi connectivity index (χ1v) is 9.55. The van der Waals surface area contributed by atoms with E-state index in [1.54, 1.807) is 0 Å². The van der Waals surface area contributed by atoms with Gasteiger partial charge in [0, 0.05) is 24.8 Å². The number of rotatable bonds is 6. The van der Waals surface area contributed by atoms with Crippen molar-refractivity contribution in [2.45, 2.75) is 51.2 Å². The Labute approximate surface area is 158 Å². The smallest absolute Gasteiger partial charge is 0.306 e. The first-order chi connectivity index (χ1) is 13.0. The van der Waals surface area contributed by atoms with Crippen molar-refractivity contribution in [1.29, 1.82) is 0 Å². The summed E-state index contributed by atoms with van der Waals surface area (Å²) in [5.41, 5.74) is 1.58. The van der Waals surface area contributed by atoms with Crippen LogP contribution < -0.4 is 10.6 Å². The van der Waals surface area contributed by atoms with Crippen LogP contribution in [0.2, 0.25) is 0 Å². The number of anilines is 1. The van der Waals surface area contributed by atoms with Crippen molar-refractivity contribution >= 4 is 23.5 Å². The van der Waals surface area contributed by atoms with Gasteiger partial charge < -0.3 is 20.5 Å². The molecule has 1 atom stereocenters. The lowest BCUT2D eigenvalue weighted by Crippen LogP contribution is -2.34. The maximum Gasteiger partial charge on any atom is 0.306 e. The summed E-state index contributed by atoms with van der Waals surface area (Å²) in [6, 6.07) is 7.38. The van der Waals surface area contributed by atoms with Gasteiger partial charge in [-0.1, -0.05) is 12.1 Å². The normalized spacial score (nSPS) is 25.0. The highest BCUT2D eigenvalue weighted by atomic mass is 16.5. The summed E-state index contributed by atoms with van der Waals surface area (Å²) in [7, 11) is 0. The zero-order chi connectivity index (χ0) is 19.2. The highest BCUT2D eigenvalue weighted by molar-refractivity contribution is 5.94. The Hall–Kier alpha value is -2.41. The topological polar surface area (TPSA) is 105 Å². The van der Waals surface area contributed by atoms with Crippen LogP contribution in [0.25, 0.3) is 0 Å². The Morgan fingerprint density at radius 2 is 1.78 bits per heavy atom. The molecule has 1 saturated carbocycles. The fourth-order valence-electron chi connectivity index (χ4n) is 3.70. The molecule has 2 amide bonds. The van der Waals surface area contributed by atoms with Crippen LogP contribution >= 0.6 is 0 Å². The summed E-state index contributed by atoms with van der Waals surface area (Å²) < 4.78 is 5.38. The van der Waals surface area contributed by atoms with E-state index < -0.39 is 5.97 Å². The van der Waals surface area contributed by atoms with Crippen molar-refractivity contribution in [2.75, 3.05) is 11.9 Å². The third-order valence-electron chi connectivity index (χ3n) is 5.33. The van der Waals surface area contributed by atoms with Gasteiger partial charge >= 0.3 is 5.97 Å². The number of nitrogens with one attached hydrogen (secondary N) is 2. The molecule has 0 spiro atoms. The van der Waals surface area contributed by atoms with Crippen LogP contribution in [0.15, 0.2) is 24.3 Å². The zero-order valence-electron chi connectivity index (χ0n) is 15.3. The monoisotopic (exact) mass is 374 g/mol. The van der Waals surface area contributed by atoms with Gasteiger partial charge in [-0.2, -0.15) is 0 Å². The van der Waals surface area contributed by atoms with E-state index in [1.165, 1.54) is 0 Å². The molecular formula is C20H26N2O5. The number of aliphatic carboxylic acids is 1. The van der Waals surface area contributed by atoms with Gasteiger partial charge in [-0.15, -0.1) is 0 Å². The largest absolute Gasteiger partial charge is 0.481 e. The molecule has 0 bridgehead atoms. The fraction of sp³-hybridized carbons (Fsp3) is 0.550. The van der Waals surface area contributed by atoms with Crippen molar-refractivity contribution in [3.05, 3.63) is 29.8 Å². The van der Waals surface area contributed by atoms with Crippen molar-refractivity contribution in [2.24, 2.45) is 11.8 Å². The molecule has 1 aromatic rings. The van der Waals surface area contributed by atoms with Gasteiger partial charge in [-0.25, -0.2) is 0 Å². The van der Waals surface area contributed by atoms with Crippen molar-refractivity contribution in [3.63, 3.8) is 0 Å². The van der Waals surface area contributed by atoms with E-state index in [0.717, 1.165) is 18.4 Å². The summed E-state index contributed by atoms with van der Waals surface area (Å²) in [5.74, 6) is -1.38. The molecule has 27 heavy (non-hydrogen) atoms. The molecule has 1 aliphatic heterocycles. The molecule has 3 N–H and O–H groups in total. The third-order valence-corrected chi connectivity index (χ3v) is 5.33. The van der Waals surface area contributed by atoms with Crippen LogP contribution in [-0.4, -0.2) is 35.6 Å². The molecule has 0 aromatic heterocycles. The van der Waals surface area contributed by atoms with Crippen LogP contribution in [0.5, 0.6) is 0 Å². The second-order valence-electron chi connectivity index (χ2n) is 7.30. The van der Waals surface area contributed by atoms with Crippen LogP contribution in [-0.2, 0) is 25.7 Å². The van der Waals surface area contributed by atoms with Crippen LogP contribution in [0, 0.1) is 11.8 Å². The molecule has 146 valence electrons. The standard InChI is InChI=1S/C20H26N2O5/c23-18(14-6-8-15(9-7-14)20(25)26)21-12-13-3-1-4-16(11-13)22-19(24)17-5-2-10-27-17/h1,3-4,11,14-15,17H,2,5-10,12H2,(H,21,23)(H,22,24)(H,25,26). The Kier molecular flexibility index (Phi) is 6.45. The average molecular weight is 374 g/mol. The predicted octanol–water partition coefficient (Wildman–Crippen LogP) is 2.31. The lowest BCUT2D eigenvalue weighted by atomic mass is 9.81. The van der Waals surface area contributed by atoms with E-state index in [9.17, 15) is 14.4 Å². The first-order valence-electron chi connectivity index (χ1n) is 9.55. The number of carboxylic acids is 1. The molecular weight excluding hydrogens is 348 g/mol. The van der Waals surface area contributed by atoms with E-state index in [0.29, 0.717) is 44.5 Å². The second-order valence-corrected chi connectivity index (χ2v) is 7.30. The predicted molar refractivity (Wildman–Crippen MR) is 99.0 cm³/mol. The minimum atomic E-state index is -0.768. The van der Waals surface area contributed by atoms with E-state index in [1.807, 2.05) is 24.3 Å². The summed E-state index contributed by atoms with van der Waals surface area (Å²) in [4.78, 5) is 35.5. The summed E-state index contributed by atoms with van der Waals surface area (Å²) in [6.45, 7) is 1.000. The molecule has 3 rings (SSSR count). The van der Waals surface area contributed by atoms with E-state index in [2.05, 4.69) is 10.6 Å². The lowest BCUT2D eigenvalue weighted by molar-refractivity contribution is -0.144. The number of benzene rings is 1. The van der Waals surface area contributed by atoms with E-state index in [-0.39, 0.29) is 29.8 Å². The first kappa shape index (κ1) is 19.4. The fourth-order valence-corrected chi connectivity index (χ4v) is 3.70. The Morgan fingerprint density at radius 3 is 2.44 bits per heavy atom. The van der Waals surface area contributed by atoms with Crippen molar-refractivity contribution in [3.8, 4) is 0 Å². The Morgan fingerprint density at radius 1 is 1.04 bits per heavy atom. The number of carbonyl (C=O) groups excluding carboxylic acids is 2. The van der Waals surface area contributed by atoms with Crippen molar-refractivity contribution in [1.82, 2.24) is 5.32 Å². The number of carbonyl (C=O) groups is 3. The minimum absolute atomic E-state index is 0.0346. The number of hydrogen-bond donors (Lipinski definition) is 3. The molecule has 1 aromatic carbocycles. The highest BCUT2D eigenvalue weighted by Gasteiger charge is 2.29. The summed E-state index contributed by atoms with van der Waals surface area (Å²) in [6.07, 6.45) is 3.59. The molecule has 2 fully saturated rings. The van der Waals surface area contributed by atoms with Gasteiger partial charge in [0.15, 0.2) is 0 Å². The zero-order valence-corrected chi connectivity index (χ0v) is 15.3. The van der Waals surface area contributed by atoms with Gasteiger partial charge in [0.25, 0.3) is 5.91 Å². The lowest BCUT2D eigenvalue weighted by Gasteiger charge is -2.25. The van der Waals surface area contributed by atoms with Gasteiger partial charge in [0.05, 0.1) is 5.92 Å². The third kappa shape index (κ3) is 5.29. The Balaban J connectivity index is 1.47. The SMILES string of the molecule is O=C(O)C1CCC(C(=O)NCc2cccc(NC(=O)C3CCCO3)c2)CC1. The van der Waals surface area contributed by atoms with Crippen LogP contribution in [0.3, 0.4) is 0 Å². The van der Waals surface area contributed by atoms with Crippen molar-refractivity contribution < 1.29 is 24.2 Å². The minimum Gasteiger partial charge on any atom is -0.481 e. The second kappa shape index (κ2) is 8.99. The van der Waals surface area contributed by atoms with E-state index >= 15 is 0 Å². The average Bonchev–Trinajstić information content (AvgIpc) is 3.21. The molecule has 1 aliphatic carbocycles. The summed E-state index contributed by atoms with van der Waals surface area (Å²) in [5, 5.41) is 14.8. The van der Waals surface area contributed by atoms with Gasteiger partial charge in [0.1, 0.15) is 6.10 Å². The molecule has 2 aliphatic rings. The van der Waals surface area contributed by atoms with E-state index in [4.69, 9.17) is 9.84 Å². The molecule has 0 radical (unpaired) electrons. The number of amides is 2. The molecule has 7 nitrogen and oxygen atoms in total. The quantitative estimate of drug-likeness (QED) is 0.709. The number of carboxylic acid groups (broad SMARTS) is 1. The maximum absolute atomic E-state index is 12.3. The van der Waals surface area contributed by atoms with Crippen LogP contribution in [0.1, 0.15) is 44.1 Å². The summed E-state index contributed by atoms with van der Waals surface area (Å²) >= 11 is 0. The molecule has 1 saturated heterocycles. The molecule has 7 heteroatoms.